The minimum Gasteiger partial charge on any atom is -0.309 e. The summed E-state index contributed by atoms with van der Waals surface area (Å²) < 4.78 is 2.35. The molecular formula is C38H33N3. The van der Waals surface area contributed by atoms with Gasteiger partial charge in [0.05, 0.1) is 11.0 Å². The zero-order chi connectivity index (χ0) is 29.4. The molecule has 0 N–H and O–H groups in total. The van der Waals surface area contributed by atoms with E-state index in [0.717, 1.165) is 22.4 Å². The topological polar surface area (TPSA) is 52.5 Å². The van der Waals surface area contributed by atoms with Crippen molar-refractivity contribution in [3.8, 4) is 29.7 Å². The molecule has 0 aliphatic rings. The van der Waals surface area contributed by atoms with E-state index in [1.807, 2.05) is 36.4 Å². The maximum Gasteiger partial charge on any atom is 0.130 e. The molecule has 1 heterocycles. The number of nitriles is 2. The summed E-state index contributed by atoms with van der Waals surface area (Å²) >= 11 is 0. The van der Waals surface area contributed by atoms with E-state index < -0.39 is 0 Å². The van der Waals surface area contributed by atoms with Crippen LogP contribution in [0.3, 0.4) is 0 Å². The number of rotatable bonds is 2. The third-order valence-corrected chi connectivity index (χ3v) is 7.44. The van der Waals surface area contributed by atoms with Gasteiger partial charge in [-0.2, -0.15) is 10.5 Å². The van der Waals surface area contributed by atoms with Crippen molar-refractivity contribution in [1.29, 1.82) is 10.5 Å². The van der Waals surface area contributed by atoms with Gasteiger partial charge < -0.3 is 4.57 Å². The van der Waals surface area contributed by atoms with Gasteiger partial charge in [0, 0.05) is 27.6 Å². The van der Waals surface area contributed by atoms with Gasteiger partial charge in [-0.3, -0.25) is 0 Å². The Bertz CT molecular complexity index is 1860. The normalized spacial score (nSPS) is 11.4. The Labute approximate surface area is 243 Å². The highest BCUT2D eigenvalue weighted by atomic mass is 15.0. The predicted octanol–water partition coefficient (Wildman–Crippen LogP) is 9.21. The first-order chi connectivity index (χ1) is 19.5. The lowest BCUT2D eigenvalue weighted by Gasteiger charge is -2.19. The van der Waals surface area contributed by atoms with E-state index in [2.05, 4.69) is 119 Å². The van der Waals surface area contributed by atoms with Gasteiger partial charge in [-0.25, -0.2) is 0 Å². The number of allylic oxidation sites excluding steroid dienone is 1. The fraction of sp³-hybridized carbons (Fsp3) is 0.211. The van der Waals surface area contributed by atoms with Crippen LogP contribution < -0.4 is 0 Å². The molecule has 0 aliphatic heterocycles. The minimum absolute atomic E-state index is 0.0673. The van der Waals surface area contributed by atoms with Gasteiger partial charge in [0.25, 0.3) is 0 Å². The van der Waals surface area contributed by atoms with Crippen molar-refractivity contribution in [1.82, 2.24) is 4.57 Å². The van der Waals surface area contributed by atoms with Crippen molar-refractivity contribution in [3.05, 3.63) is 118 Å². The monoisotopic (exact) mass is 531 g/mol. The lowest BCUT2D eigenvalue weighted by atomic mass is 9.85. The largest absolute Gasteiger partial charge is 0.309 e. The molecule has 0 saturated carbocycles. The Kier molecular flexibility index (Phi) is 7.05. The van der Waals surface area contributed by atoms with Crippen LogP contribution in [0.1, 0.15) is 69.4 Å². The smallest absolute Gasteiger partial charge is 0.130 e. The molecule has 0 atom stereocenters. The Morgan fingerprint density at radius 1 is 0.610 bits per heavy atom. The lowest BCUT2D eigenvalue weighted by molar-refractivity contribution is 0.590. The summed E-state index contributed by atoms with van der Waals surface area (Å²) in [6.45, 7) is 13.6. The Morgan fingerprint density at radius 3 is 1.46 bits per heavy atom. The Morgan fingerprint density at radius 2 is 1.05 bits per heavy atom. The molecule has 0 radical (unpaired) electrons. The summed E-state index contributed by atoms with van der Waals surface area (Å²) in [6, 6.07) is 33.4. The first-order valence-corrected chi connectivity index (χ1v) is 13.8. The van der Waals surface area contributed by atoms with Gasteiger partial charge in [-0.15, -0.1) is 0 Å². The molecule has 0 saturated heterocycles. The third-order valence-electron chi connectivity index (χ3n) is 7.44. The van der Waals surface area contributed by atoms with E-state index in [9.17, 15) is 0 Å². The van der Waals surface area contributed by atoms with Crippen LogP contribution in [0.15, 0.2) is 90.5 Å². The molecule has 3 heteroatoms. The van der Waals surface area contributed by atoms with Gasteiger partial charge in [-0.05, 0) is 94.3 Å². The summed E-state index contributed by atoms with van der Waals surface area (Å²) in [5.41, 5.74) is 8.97. The first-order valence-electron chi connectivity index (χ1n) is 13.8. The molecule has 200 valence electrons. The van der Waals surface area contributed by atoms with Crippen LogP contribution in [0, 0.1) is 34.5 Å². The molecule has 0 bridgehead atoms. The van der Waals surface area contributed by atoms with Crippen LogP contribution in [-0.2, 0) is 10.8 Å². The summed E-state index contributed by atoms with van der Waals surface area (Å²) in [5, 5.41) is 20.5. The maximum absolute atomic E-state index is 8.95. The average molecular weight is 532 g/mol. The predicted molar refractivity (Wildman–Crippen MR) is 170 cm³/mol. The van der Waals surface area contributed by atoms with Crippen molar-refractivity contribution < 1.29 is 0 Å². The molecule has 41 heavy (non-hydrogen) atoms. The third kappa shape index (κ3) is 5.65. The highest BCUT2D eigenvalue weighted by molar-refractivity contribution is 6.09. The lowest BCUT2D eigenvalue weighted by Crippen LogP contribution is -2.10. The van der Waals surface area contributed by atoms with Gasteiger partial charge in [0.2, 0.25) is 0 Å². The van der Waals surface area contributed by atoms with Crippen LogP contribution in [0.5, 0.6) is 0 Å². The molecule has 1 aromatic heterocycles. The number of fused-ring (bicyclic) bond motifs is 3. The molecule has 0 fully saturated rings. The van der Waals surface area contributed by atoms with E-state index in [0.29, 0.717) is 0 Å². The van der Waals surface area contributed by atoms with E-state index in [1.165, 1.54) is 32.9 Å². The van der Waals surface area contributed by atoms with Crippen LogP contribution in [-0.4, -0.2) is 4.57 Å². The van der Waals surface area contributed by atoms with Crippen molar-refractivity contribution in [2.45, 2.75) is 52.4 Å². The quantitative estimate of drug-likeness (QED) is 0.168. The maximum atomic E-state index is 8.95. The average Bonchev–Trinajstić information content (AvgIpc) is 3.28. The summed E-state index contributed by atoms with van der Waals surface area (Å²) in [7, 11) is 0. The second kappa shape index (κ2) is 10.5. The number of hydrogen-bond donors (Lipinski definition) is 0. The second-order valence-electron chi connectivity index (χ2n) is 12.5. The van der Waals surface area contributed by atoms with E-state index in [-0.39, 0.29) is 16.4 Å². The Balaban J connectivity index is 1.53. The fourth-order valence-electron chi connectivity index (χ4n) is 4.99. The number of aromatic nitrogens is 1. The van der Waals surface area contributed by atoms with Crippen LogP contribution in [0.25, 0.3) is 33.6 Å². The second-order valence-corrected chi connectivity index (χ2v) is 12.5. The summed E-state index contributed by atoms with van der Waals surface area (Å²) in [6.07, 6.45) is 1.57. The summed E-state index contributed by atoms with van der Waals surface area (Å²) in [5.74, 6) is 6.48. The number of benzene rings is 4. The van der Waals surface area contributed by atoms with Crippen molar-refractivity contribution in [2.75, 3.05) is 0 Å². The van der Waals surface area contributed by atoms with E-state index >= 15 is 0 Å². The molecule has 0 spiro atoms. The highest BCUT2D eigenvalue weighted by Crippen LogP contribution is 2.37. The Hall–Kier alpha value is -5.04. The molecule has 0 aliphatic carbocycles. The van der Waals surface area contributed by atoms with Gasteiger partial charge >= 0.3 is 0 Å². The van der Waals surface area contributed by atoms with Crippen molar-refractivity contribution in [2.24, 2.45) is 0 Å². The summed E-state index contributed by atoms with van der Waals surface area (Å²) in [4.78, 5) is 0. The van der Waals surface area contributed by atoms with E-state index in [4.69, 9.17) is 10.5 Å². The zero-order valence-corrected chi connectivity index (χ0v) is 24.5. The SMILES string of the molecule is CC(C)(C)c1ccc2c(c1)c1cc(C(C)(C)C)ccc1n2-c1ccc(C#Cc2ccc(C=C(C#N)C#N)cc2)cc1. The molecule has 0 amide bonds. The molecule has 5 rings (SSSR count). The number of nitrogens with zero attached hydrogens (tertiary/aromatic N) is 3. The van der Waals surface area contributed by atoms with Gasteiger partial charge in [0.1, 0.15) is 17.7 Å². The van der Waals surface area contributed by atoms with Crippen LogP contribution in [0.2, 0.25) is 0 Å². The van der Waals surface area contributed by atoms with Crippen molar-refractivity contribution in [3.63, 3.8) is 0 Å². The number of hydrogen-bond acceptors (Lipinski definition) is 2. The molecule has 5 aromatic rings. The first kappa shape index (κ1) is 27.5. The fourth-order valence-corrected chi connectivity index (χ4v) is 4.99. The highest BCUT2D eigenvalue weighted by Gasteiger charge is 2.20. The zero-order valence-electron chi connectivity index (χ0n) is 24.5. The van der Waals surface area contributed by atoms with Crippen molar-refractivity contribution >= 4 is 27.9 Å². The van der Waals surface area contributed by atoms with Gasteiger partial charge in [0.15, 0.2) is 0 Å². The van der Waals surface area contributed by atoms with Crippen LogP contribution in [0.4, 0.5) is 0 Å². The van der Waals surface area contributed by atoms with Gasteiger partial charge in [-0.1, -0.05) is 77.6 Å². The molecule has 4 aromatic carbocycles. The molecular weight excluding hydrogens is 498 g/mol. The standard InChI is InChI=1S/C38H33N3/c1-37(2,3)30-15-19-35-33(22-30)34-23-31(38(4,5)6)16-20-36(34)41(35)32-17-13-27(14-18-32)8-7-26-9-11-28(12-10-26)21-29(24-39)25-40/h9-23H,1-6H3. The van der Waals surface area contributed by atoms with Crippen LogP contribution >= 0.6 is 0 Å². The van der Waals surface area contributed by atoms with E-state index in [1.54, 1.807) is 6.08 Å². The molecule has 0 unspecified atom stereocenters. The minimum atomic E-state index is 0.0673. The molecule has 3 nitrogen and oxygen atoms in total.